The third-order valence-electron chi connectivity index (χ3n) is 15.0. The van der Waals surface area contributed by atoms with Gasteiger partial charge in [-0.15, -0.1) is 11.6 Å². The molecule has 11 rings (SSSR count). The van der Waals surface area contributed by atoms with Crippen molar-refractivity contribution in [1.29, 1.82) is 0 Å². The number of rotatable bonds is 19. The topological polar surface area (TPSA) is 225 Å². The van der Waals surface area contributed by atoms with Gasteiger partial charge in [-0.2, -0.15) is 7.11 Å². The van der Waals surface area contributed by atoms with E-state index < -0.39 is 54.0 Å². The minimum Gasteiger partial charge on any atom is -0.857 e. The molecule has 3 fully saturated rings. The van der Waals surface area contributed by atoms with Gasteiger partial charge in [-0.05, 0) is 138 Å². The summed E-state index contributed by atoms with van der Waals surface area (Å²) in [5.41, 5.74) is 10.5. The molecule has 0 radical (unpaired) electrons. The maximum absolute atomic E-state index is 14.9. The Bertz CT molecular complexity index is 3720. The molecule has 0 saturated carbocycles. The molecule has 0 bridgehead atoms. The second-order valence-corrected chi connectivity index (χ2v) is 22.7. The molecule has 3 atom stereocenters. The first-order valence-corrected chi connectivity index (χ1v) is 32.2. The Morgan fingerprint density at radius 2 is 0.854 bits per heavy atom. The molecule has 24 heteroatoms. The van der Waals surface area contributed by atoms with Crippen molar-refractivity contribution in [3.63, 3.8) is 0 Å². The maximum Gasteiger partial charge on any atom is 1.00 e. The number of hydrogen-bond acceptors (Lipinski definition) is 12. The van der Waals surface area contributed by atoms with E-state index in [1.54, 1.807) is 48.8 Å². The molecular weight excluding hydrogens is 1330 g/mol. The van der Waals surface area contributed by atoms with Crippen LogP contribution in [0.15, 0.2) is 176 Å². The van der Waals surface area contributed by atoms with E-state index in [4.69, 9.17) is 30.9 Å². The minimum atomic E-state index is -0.557. The summed E-state index contributed by atoms with van der Waals surface area (Å²) in [4.78, 5) is 81.7. The summed E-state index contributed by atoms with van der Waals surface area (Å²) in [7, 11) is 0.750. The van der Waals surface area contributed by atoms with Gasteiger partial charge in [-0.3, -0.25) is 39.1 Å². The predicted molar refractivity (Wildman–Crippen MR) is 362 cm³/mol. The summed E-state index contributed by atoms with van der Waals surface area (Å²) < 4.78 is 59.8. The van der Waals surface area contributed by atoms with Gasteiger partial charge in [0.15, 0.2) is 0 Å². The normalized spacial score (nSPS) is 15.1. The smallest absolute Gasteiger partial charge is 0.857 e. The van der Waals surface area contributed by atoms with Crippen molar-refractivity contribution in [2.45, 2.75) is 82.9 Å². The third-order valence-corrected chi connectivity index (χ3v) is 15.9. The molecule has 18 nitrogen and oxygen atoms in total. The molecule has 0 spiro atoms. The number of aromatic nitrogens is 2. The van der Waals surface area contributed by atoms with Crippen molar-refractivity contribution in [2.24, 2.45) is 0 Å². The Kier molecular flexibility index (Phi) is 30.9. The monoisotopic (exact) mass is 1400 g/mol. The van der Waals surface area contributed by atoms with Crippen LogP contribution < -0.4 is 65.3 Å². The van der Waals surface area contributed by atoms with Crippen LogP contribution in [0.2, 0.25) is 0 Å². The Balaban J connectivity index is 0.000000213. The molecule has 3 aliphatic heterocycles. The summed E-state index contributed by atoms with van der Waals surface area (Å²) >= 11 is 9.06. The molecule has 8 aromatic rings. The Hall–Kier alpha value is -8.64. The van der Waals surface area contributed by atoms with Crippen LogP contribution in [0, 0.1) is 17.5 Å². The molecule has 3 aliphatic rings. The van der Waals surface area contributed by atoms with Gasteiger partial charge in [0.05, 0.1) is 62.0 Å². The molecule has 3 N–H and O–H groups in total. The zero-order chi connectivity index (χ0) is 68.4. The molecule has 0 aliphatic carbocycles. The van der Waals surface area contributed by atoms with E-state index >= 15 is 0 Å². The number of nitrogens with one attached hydrogen (secondary N) is 3. The van der Waals surface area contributed by atoms with E-state index in [0.717, 1.165) is 71.8 Å². The summed E-state index contributed by atoms with van der Waals surface area (Å²) in [5.74, 6) is -1.42. The van der Waals surface area contributed by atoms with Gasteiger partial charge in [-0.25, -0.2) is 27.6 Å². The Morgan fingerprint density at radius 1 is 0.510 bits per heavy atom. The second-order valence-electron chi connectivity index (χ2n) is 21.9. The number of nitrogens with zero attached hydrogens (tertiary/aromatic N) is 5. The van der Waals surface area contributed by atoms with Gasteiger partial charge in [0.2, 0.25) is 17.7 Å². The van der Waals surface area contributed by atoms with E-state index in [2.05, 4.69) is 48.8 Å². The van der Waals surface area contributed by atoms with E-state index in [1.165, 1.54) is 64.8 Å². The number of carbonyl (C=O) groups excluding carboxylic acids is 6. The van der Waals surface area contributed by atoms with Crippen LogP contribution in [0.5, 0.6) is 0 Å². The first kappa shape index (κ1) is 76.4. The minimum absolute atomic E-state index is 0. The number of amides is 6. The number of aryl methyl sites for hydroxylation is 3. The van der Waals surface area contributed by atoms with Crippen molar-refractivity contribution in [3.8, 4) is 33.4 Å². The Labute approximate surface area is 592 Å². The summed E-state index contributed by atoms with van der Waals surface area (Å²) in [6, 6.07) is 48.8. The van der Waals surface area contributed by atoms with Crippen LogP contribution in [0.4, 0.5) is 44.6 Å². The quantitative estimate of drug-likeness (QED) is 0.0391. The summed E-state index contributed by atoms with van der Waals surface area (Å²) in [6.07, 6.45) is 4.34. The van der Waals surface area contributed by atoms with E-state index in [1.807, 2.05) is 109 Å². The molecule has 6 amide bonds. The maximum atomic E-state index is 14.9. The number of anilines is 3. The van der Waals surface area contributed by atoms with Crippen LogP contribution in [0.25, 0.3) is 33.4 Å². The first-order chi connectivity index (χ1) is 45.9. The van der Waals surface area contributed by atoms with Crippen LogP contribution in [-0.2, 0) is 59.1 Å². The number of alkyl halides is 2. The standard InChI is InChI=1S/C26H26FN3O3.C20H21FN2O3.C19H18ClFN2O3.C6H6BrN.CH3O.Na/c1-18(31)29-16-23-17-30(26(32)33-23)22-12-13-24(25(27)15-22)20-10-8-19(9-11-20)5-4-7-21-6-2-3-14-28-21;1-3-14-4-6-15(7-5-14)18-9-8-16(10-19(18)21)23-12-17(26-20(23)25)11-22-13(2)24;1-12(24)22-10-16-11-23(19(25)26-16)15-6-7-17(18(21)8-15)14-4-2-13(9-20)3-5-14;7-5-6-3-1-2-4-8-6;1-2;/h2-3,6,8-15,23H,4-5,7,16-17H2,1H3,(H,29,31);4-10,17H,3,11-12H2,1-2H3,(H,22,24);2-8,16H,9-11H2,1H3,(H,22,24);1-4H,5H2;1H3;/q;;;;-1;+1/t23-;17-;16-;;;/m000.../s1. The zero-order valence-electron chi connectivity index (χ0n) is 54.2. The number of pyridine rings is 2. The van der Waals surface area contributed by atoms with Gasteiger partial charge in [0.25, 0.3) is 0 Å². The molecule has 96 heavy (non-hydrogen) atoms. The third kappa shape index (κ3) is 22.8. The molecular formula is C72H74BrClF3N8NaO10. The van der Waals surface area contributed by atoms with Gasteiger partial charge < -0.3 is 35.3 Å². The predicted octanol–water partition coefficient (Wildman–Crippen LogP) is 9.69. The van der Waals surface area contributed by atoms with Gasteiger partial charge in [0, 0.05) is 66.8 Å². The fraction of sp³-hybridized carbons (Fsp3) is 0.278. The summed E-state index contributed by atoms with van der Waals surface area (Å²) in [5, 5.41) is 16.9. The molecule has 6 aromatic carbocycles. The average molecular weight is 1410 g/mol. The Morgan fingerprint density at radius 3 is 1.15 bits per heavy atom. The summed E-state index contributed by atoms with van der Waals surface area (Å²) in [6.45, 7) is 7.73. The number of cyclic esters (lactones) is 3. The van der Waals surface area contributed by atoms with Crippen molar-refractivity contribution < 1.29 is 90.8 Å². The number of ether oxygens (including phenoxy) is 3. The number of benzene rings is 6. The number of hydrogen-bond donors (Lipinski definition) is 3. The van der Waals surface area contributed by atoms with E-state index in [9.17, 15) is 41.9 Å². The molecule has 2 aromatic heterocycles. The van der Waals surface area contributed by atoms with E-state index in [0.29, 0.717) is 39.6 Å². The van der Waals surface area contributed by atoms with Gasteiger partial charge in [-0.1, -0.05) is 108 Å². The van der Waals surface area contributed by atoms with Crippen LogP contribution >= 0.6 is 27.5 Å². The molecule has 0 unspecified atom stereocenters. The fourth-order valence-corrected chi connectivity index (χ4v) is 10.6. The second kappa shape index (κ2) is 38.8. The van der Waals surface area contributed by atoms with Gasteiger partial charge in [0.1, 0.15) is 35.8 Å². The van der Waals surface area contributed by atoms with Crippen molar-refractivity contribution >= 4 is 80.6 Å². The largest absolute Gasteiger partial charge is 1.00 e. The fourth-order valence-electron chi connectivity index (χ4n) is 10.0. The van der Waals surface area contributed by atoms with Crippen molar-refractivity contribution in [1.82, 2.24) is 25.9 Å². The van der Waals surface area contributed by atoms with Crippen LogP contribution in [0.1, 0.15) is 62.2 Å². The first-order valence-electron chi connectivity index (χ1n) is 30.5. The van der Waals surface area contributed by atoms with Crippen molar-refractivity contribution in [3.05, 3.63) is 222 Å². The molecule has 5 heterocycles. The van der Waals surface area contributed by atoms with Crippen molar-refractivity contribution in [2.75, 3.05) is 61.1 Å². The molecule has 3 saturated heterocycles. The molecule has 498 valence electrons. The van der Waals surface area contributed by atoms with Crippen LogP contribution in [0.3, 0.4) is 0 Å². The number of carbonyl (C=O) groups is 6. The SMILES string of the molecule is BrCc1ccccn1.CC(=O)NC[C@H]1CN(c2ccc(-c3ccc(CCCc4ccccn4)cc3)c(F)c2)C(=O)O1.CC(=O)NC[C@H]1CN(c2ccc(-c3ccc(CCl)cc3)c(F)c2)C(=O)O1.CCc1ccc(-c2ccc(N3C[C@H](CNC(C)=O)OC3=O)cc2F)cc1.C[O-].[Na+]. The van der Waals surface area contributed by atoms with E-state index in [-0.39, 0.29) is 86.5 Å². The average Bonchev–Trinajstić information content (AvgIpc) is 1.41. The van der Waals surface area contributed by atoms with Gasteiger partial charge >= 0.3 is 47.8 Å². The van der Waals surface area contributed by atoms with Crippen LogP contribution in [-0.4, -0.2) is 111 Å². The number of halogens is 5. The zero-order valence-corrected chi connectivity index (χ0v) is 58.5.